The van der Waals surface area contributed by atoms with Crippen LogP contribution in [0.1, 0.15) is 47.5 Å². The van der Waals surface area contributed by atoms with Crippen LogP contribution in [0.3, 0.4) is 0 Å². The van der Waals surface area contributed by atoms with E-state index < -0.39 is 5.60 Å². The Balaban J connectivity index is 1.54. The molecule has 1 N–H and O–H groups in total. The molecule has 2 aromatic heterocycles. The van der Waals surface area contributed by atoms with Gasteiger partial charge in [-0.1, -0.05) is 24.2 Å². The van der Waals surface area contributed by atoms with Crippen molar-refractivity contribution in [3.8, 4) is 5.13 Å². The van der Waals surface area contributed by atoms with E-state index >= 15 is 0 Å². The molecule has 128 valence electrons. The van der Waals surface area contributed by atoms with Crippen molar-refractivity contribution in [1.29, 1.82) is 0 Å². The average molecular weight is 345 g/mol. The molecule has 3 heterocycles. The van der Waals surface area contributed by atoms with Gasteiger partial charge < -0.3 is 14.6 Å². The van der Waals surface area contributed by atoms with Crippen molar-refractivity contribution >= 4 is 17.2 Å². The van der Waals surface area contributed by atoms with Crippen molar-refractivity contribution in [2.24, 2.45) is 5.92 Å². The fraction of sp³-hybridized carbons (Fsp3) is 0.556. The molecule has 0 bridgehead atoms. The molecule has 1 aliphatic heterocycles. The molecule has 0 aromatic carbocycles. The highest BCUT2D eigenvalue weighted by Crippen LogP contribution is 2.40. The third kappa shape index (κ3) is 2.67. The third-order valence-corrected chi connectivity index (χ3v) is 6.68. The van der Waals surface area contributed by atoms with Gasteiger partial charge in [-0.15, -0.1) is 0 Å². The van der Waals surface area contributed by atoms with E-state index in [1.165, 1.54) is 11.3 Å². The number of fused-ring (bicyclic) bond motifs is 1. The Morgan fingerprint density at radius 1 is 1.33 bits per heavy atom. The van der Waals surface area contributed by atoms with Gasteiger partial charge in [0.05, 0.1) is 11.3 Å². The number of piperidine rings is 1. The molecule has 0 unspecified atom stereocenters. The molecule has 1 saturated carbocycles. The van der Waals surface area contributed by atoms with Gasteiger partial charge in [0, 0.05) is 31.4 Å². The lowest BCUT2D eigenvalue weighted by molar-refractivity contribution is -0.0885. The Hall–Kier alpha value is -1.66. The SMILES string of the molecule is Cc1nc(-n2cccc2)sc1C(=O)N1CC[C@@]2(O)CCCC[C@H]2C1. The topological polar surface area (TPSA) is 58.4 Å². The second kappa shape index (κ2) is 6.01. The summed E-state index contributed by atoms with van der Waals surface area (Å²) in [7, 11) is 0. The molecule has 2 atom stereocenters. The Kier molecular flexibility index (Phi) is 3.96. The van der Waals surface area contributed by atoms with Gasteiger partial charge in [0.25, 0.3) is 5.91 Å². The number of thiazole rings is 1. The predicted molar refractivity (Wildman–Crippen MR) is 93.6 cm³/mol. The minimum Gasteiger partial charge on any atom is -0.389 e. The average Bonchev–Trinajstić information content (AvgIpc) is 3.22. The molecule has 1 aliphatic carbocycles. The quantitative estimate of drug-likeness (QED) is 0.910. The van der Waals surface area contributed by atoms with Crippen LogP contribution in [0, 0.1) is 12.8 Å². The van der Waals surface area contributed by atoms with Crippen molar-refractivity contribution < 1.29 is 9.90 Å². The fourth-order valence-electron chi connectivity index (χ4n) is 4.05. The maximum Gasteiger partial charge on any atom is 0.265 e. The molecule has 5 nitrogen and oxygen atoms in total. The molecule has 0 radical (unpaired) electrons. The maximum atomic E-state index is 13.0. The van der Waals surface area contributed by atoms with Gasteiger partial charge in [-0.05, 0) is 38.3 Å². The standard InChI is InChI=1S/C18H23N3O2S/c1-13-15(24-17(19-13)20-9-4-5-10-20)16(22)21-11-8-18(23)7-3-2-6-14(18)12-21/h4-5,9-10,14,23H,2-3,6-8,11-12H2,1H3/t14-,18-/m0/s1. The number of aryl methyl sites for hydroxylation is 1. The van der Waals surface area contributed by atoms with Gasteiger partial charge in [0.15, 0.2) is 5.13 Å². The first-order chi connectivity index (χ1) is 11.6. The van der Waals surface area contributed by atoms with Crippen LogP contribution in [0.4, 0.5) is 0 Å². The molecule has 1 amide bonds. The Morgan fingerprint density at radius 2 is 2.12 bits per heavy atom. The van der Waals surface area contributed by atoms with E-state index in [1.54, 1.807) is 0 Å². The molecule has 2 aromatic rings. The summed E-state index contributed by atoms with van der Waals surface area (Å²) in [5.74, 6) is 0.289. The largest absolute Gasteiger partial charge is 0.389 e. The smallest absolute Gasteiger partial charge is 0.265 e. The predicted octanol–water partition coefficient (Wildman–Crippen LogP) is 3.01. The molecular formula is C18H23N3O2S. The summed E-state index contributed by atoms with van der Waals surface area (Å²) in [6, 6.07) is 3.90. The lowest BCUT2D eigenvalue weighted by atomic mass is 9.71. The van der Waals surface area contributed by atoms with Crippen LogP contribution in [0.5, 0.6) is 0 Å². The number of likely N-dealkylation sites (tertiary alicyclic amines) is 1. The van der Waals surface area contributed by atoms with Crippen LogP contribution >= 0.6 is 11.3 Å². The van der Waals surface area contributed by atoms with E-state index in [4.69, 9.17) is 0 Å². The number of amides is 1. The van der Waals surface area contributed by atoms with Gasteiger partial charge in [0.1, 0.15) is 4.88 Å². The lowest BCUT2D eigenvalue weighted by Crippen LogP contribution is -2.54. The van der Waals surface area contributed by atoms with Crippen molar-refractivity contribution in [3.05, 3.63) is 35.1 Å². The second-order valence-corrected chi connectivity index (χ2v) is 8.03. The van der Waals surface area contributed by atoms with E-state index in [0.29, 0.717) is 19.5 Å². The molecule has 0 spiro atoms. The minimum absolute atomic E-state index is 0.0658. The van der Waals surface area contributed by atoms with Crippen molar-refractivity contribution in [1.82, 2.24) is 14.5 Å². The maximum absolute atomic E-state index is 13.0. The monoisotopic (exact) mass is 345 g/mol. The van der Waals surface area contributed by atoms with E-state index in [1.807, 2.05) is 40.9 Å². The third-order valence-electron chi connectivity index (χ3n) is 5.52. The molecule has 6 heteroatoms. The van der Waals surface area contributed by atoms with E-state index in [9.17, 15) is 9.90 Å². The van der Waals surface area contributed by atoms with E-state index in [-0.39, 0.29) is 11.8 Å². The van der Waals surface area contributed by atoms with Crippen LogP contribution in [-0.2, 0) is 0 Å². The number of carbonyl (C=O) groups is 1. The summed E-state index contributed by atoms with van der Waals surface area (Å²) < 4.78 is 1.94. The molecule has 2 fully saturated rings. The zero-order valence-electron chi connectivity index (χ0n) is 13.9. The highest BCUT2D eigenvalue weighted by atomic mass is 32.1. The number of hydrogen-bond acceptors (Lipinski definition) is 4. The number of hydrogen-bond donors (Lipinski definition) is 1. The Morgan fingerprint density at radius 3 is 2.92 bits per heavy atom. The van der Waals surface area contributed by atoms with Gasteiger partial charge in [-0.3, -0.25) is 4.79 Å². The Bertz CT molecular complexity index is 740. The van der Waals surface area contributed by atoms with Crippen LogP contribution in [0.15, 0.2) is 24.5 Å². The normalized spacial score (nSPS) is 27.1. The molecular weight excluding hydrogens is 322 g/mol. The van der Waals surface area contributed by atoms with Crippen LogP contribution < -0.4 is 0 Å². The van der Waals surface area contributed by atoms with Gasteiger partial charge >= 0.3 is 0 Å². The van der Waals surface area contributed by atoms with Crippen molar-refractivity contribution in [3.63, 3.8) is 0 Å². The number of nitrogens with zero attached hydrogens (tertiary/aromatic N) is 3. The molecule has 4 rings (SSSR count). The Labute approximate surface area is 145 Å². The van der Waals surface area contributed by atoms with Crippen LogP contribution in [0.2, 0.25) is 0 Å². The summed E-state index contributed by atoms with van der Waals surface area (Å²) in [5.41, 5.74) is 0.242. The number of aromatic nitrogens is 2. The summed E-state index contributed by atoms with van der Waals surface area (Å²) >= 11 is 1.45. The summed E-state index contributed by atoms with van der Waals surface area (Å²) in [6.45, 7) is 3.21. The van der Waals surface area contributed by atoms with Crippen molar-refractivity contribution in [2.75, 3.05) is 13.1 Å². The van der Waals surface area contributed by atoms with E-state index in [2.05, 4.69) is 4.98 Å². The summed E-state index contributed by atoms with van der Waals surface area (Å²) in [4.78, 5) is 20.2. The fourth-order valence-corrected chi connectivity index (χ4v) is 5.05. The van der Waals surface area contributed by atoms with Gasteiger partial charge in [-0.2, -0.15) is 0 Å². The van der Waals surface area contributed by atoms with Gasteiger partial charge in [-0.25, -0.2) is 4.98 Å². The summed E-state index contributed by atoms with van der Waals surface area (Å²) in [6.07, 6.45) is 8.76. The molecule has 1 saturated heterocycles. The first-order valence-electron chi connectivity index (χ1n) is 8.69. The zero-order chi connectivity index (χ0) is 16.7. The minimum atomic E-state index is -0.548. The second-order valence-electron chi connectivity index (χ2n) is 7.05. The van der Waals surface area contributed by atoms with Crippen LogP contribution in [-0.4, -0.2) is 44.2 Å². The number of aliphatic hydroxyl groups is 1. The highest BCUT2D eigenvalue weighted by molar-refractivity contribution is 7.16. The highest BCUT2D eigenvalue weighted by Gasteiger charge is 2.44. The first kappa shape index (κ1) is 15.8. The molecule has 24 heavy (non-hydrogen) atoms. The number of carbonyl (C=O) groups excluding carboxylic acids is 1. The van der Waals surface area contributed by atoms with Gasteiger partial charge in [0.2, 0.25) is 0 Å². The summed E-state index contributed by atoms with van der Waals surface area (Å²) in [5, 5.41) is 11.6. The number of rotatable bonds is 2. The lowest BCUT2D eigenvalue weighted by Gasteiger charge is -2.47. The van der Waals surface area contributed by atoms with E-state index in [0.717, 1.165) is 41.4 Å². The van der Waals surface area contributed by atoms with Crippen LogP contribution in [0.25, 0.3) is 5.13 Å². The van der Waals surface area contributed by atoms with Crippen molar-refractivity contribution in [2.45, 2.75) is 44.6 Å². The first-order valence-corrected chi connectivity index (χ1v) is 9.51. The molecule has 2 aliphatic rings. The zero-order valence-corrected chi connectivity index (χ0v) is 14.8.